The Kier molecular flexibility index (Phi) is 116. The molecule has 6 unspecified atom stereocenters. The van der Waals surface area contributed by atoms with Crippen molar-refractivity contribution < 1.29 is 101 Å². The van der Waals surface area contributed by atoms with Gasteiger partial charge in [-0.3, -0.25) is 4.79 Å². The third kappa shape index (κ3) is 121. The van der Waals surface area contributed by atoms with Gasteiger partial charge in [-0.1, -0.05) is 67.4 Å². The number of methoxy groups -OCH3 is 4. The number of hydrogen-bond donors (Lipinski definition) is 4. The lowest BCUT2D eigenvalue weighted by Crippen LogP contribution is -2.23. The van der Waals surface area contributed by atoms with Crippen molar-refractivity contribution >= 4 is 108 Å². The van der Waals surface area contributed by atoms with Crippen LogP contribution in [0.4, 0.5) is 0 Å². The predicted octanol–water partition coefficient (Wildman–Crippen LogP) is -0.0712. The van der Waals surface area contributed by atoms with Gasteiger partial charge in [0.1, 0.15) is 25.1 Å². The molecule has 21 nitrogen and oxygen atoms in total. The highest BCUT2D eigenvalue weighted by atomic mass is 28.2. The average molecular weight is 1580 g/mol. The van der Waals surface area contributed by atoms with E-state index in [1.54, 1.807) is 28.4 Å². The maximum atomic E-state index is 10.1. The number of carbonyl (C=O) groups excluding carboxylic acids is 1. The van der Waals surface area contributed by atoms with Crippen molar-refractivity contribution in [1.29, 1.82) is 0 Å². The van der Waals surface area contributed by atoms with Gasteiger partial charge in [0.2, 0.25) is 0 Å². The summed E-state index contributed by atoms with van der Waals surface area (Å²) in [5, 5.41) is 35.0. The lowest BCUT2D eigenvalue weighted by atomic mass is 10.1. The molecule has 4 N–H and O–H groups in total. The maximum absolute atomic E-state index is 10.1. The quantitative estimate of drug-likeness (QED) is 0.0270. The zero-order valence-electron chi connectivity index (χ0n) is 67.5. The highest BCUT2D eigenvalue weighted by Crippen LogP contribution is 2.15. The first-order chi connectivity index (χ1) is 46.5. The zero-order valence-corrected chi connectivity index (χ0v) is 87.5. The molecule has 6 atom stereocenters. The smallest absolute Gasteiger partial charge is 0.302 e. The molecule has 0 aromatic heterocycles. The van der Waals surface area contributed by atoms with Crippen molar-refractivity contribution in [1.82, 2.24) is 0 Å². The first-order valence-corrected chi connectivity index (χ1v) is 52.1. The van der Waals surface area contributed by atoms with E-state index in [9.17, 15) is 4.79 Å². The molecule has 0 bridgehead atoms. The van der Waals surface area contributed by atoms with Gasteiger partial charge < -0.3 is 96.2 Å². The third-order valence-corrected chi connectivity index (χ3v) is 20.4. The molecule has 97 heavy (non-hydrogen) atoms. The molecule has 596 valence electrons. The Morgan fingerprint density at radius 3 is 1.24 bits per heavy atom. The topological polar surface area (TPSA) is 246 Å². The van der Waals surface area contributed by atoms with Crippen LogP contribution >= 0.6 is 0 Å². The summed E-state index contributed by atoms with van der Waals surface area (Å²) in [5.74, 6) is -0.167. The minimum atomic E-state index is -0.700. The molecular formula is C66H166O21Si10. The first-order valence-electron chi connectivity index (χ1n) is 37.9. The highest BCUT2D eigenvalue weighted by molar-refractivity contribution is 6.10. The number of esters is 1. The summed E-state index contributed by atoms with van der Waals surface area (Å²) in [6.45, 7) is 28.0. The van der Waals surface area contributed by atoms with E-state index in [-0.39, 0.29) is 62.0 Å². The van der Waals surface area contributed by atoms with E-state index in [1.807, 2.05) is 6.92 Å². The molecule has 0 spiro atoms. The van der Waals surface area contributed by atoms with Gasteiger partial charge in [0, 0.05) is 217 Å². The molecule has 2 saturated heterocycles. The van der Waals surface area contributed by atoms with E-state index in [0.717, 1.165) is 111 Å². The maximum Gasteiger partial charge on any atom is 0.302 e. The fourth-order valence-electron chi connectivity index (χ4n) is 6.45. The van der Waals surface area contributed by atoms with Crippen LogP contribution in [0.5, 0.6) is 0 Å². The number of aliphatic hydroxyl groups is 4. The fourth-order valence-corrected chi connectivity index (χ4v) is 9.34. The second kappa shape index (κ2) is 98.9. The third-order valence-electron chi connectivity index (χ3n) is 13.3. The Labute approximate surface area is 626 Å². The zero-order chi connectivity index (χ0) is 75.2. The highest BCUT2D eigenvalue weighted by Gasteiger charge is 2.16. The summed E-state index contributed by atoms with van der Waals surface area (Å²) < 4.78 is 82.4. The fraction of sp³-hybridized carbons (Fsp3) is 0.985. The van der Waals surface area contributed by atoms with E-state index in [0.29, 0.717) is 39.8 Å². The Morgan fingerprint density at radius 1 is 0.474 bits per heavy atom. The summed E-state index contributed by atoms with van der Waals surface area (Å²) in [7, 11) is 19.1. The standard InChI is InChI=1S/C8H18O2Si.C8H20OSi.2C7H18O3Si.C7H16O2Si.C7H18OSi.C6H16O3Si.C6H16O2Si.C5H14O2Si.C5H12O2Si/c11-7-3-6-10-8-4-1-2-5-9-8;1-4-8(2,3)9-6-5-7-10;1-9-5-7(8)6-10-3-2-4-11;1-9-7(5-8)6-10-3-2-4-11;10-6-2-5-9-7-3-1-4-8-7;1-7(2,3)8-5-4-6-9;7-4-6(8)5-9-2-1-3-10;1-6(7-2)8-4-3-5-9;1-6-5-7-3-2-4-8;1-5(6)7-3-2-4-8/h8H,1-7H2,11H3;4-7H2,1-3,10H3;2*7-8H,2-6H2,1,11H3;7H,1-6H2,10H3;4-6H2,1-3,9H3;6-8H,1-5H2,10H3;6H,3-5H2,1-2,9H3;2-5H2,1,8H3;2-4H2,1,8H3. The van der Waals surface area contributed by atoms with E-state index >= 15 is 0 Å². The van der Waals surface area contributed by atoms with Crippen LogP contribution in [0.3, 0.4) is 0 Å². The molecule has 2 rings (SSSR count). The lowest BCUT2D eigenvalue weighted by Gasteiger charge is -2.23. The molecule has 0 amide bonds. The minimum Gasteiger partial charge on any atom is -0.466 e. The summed E-state index contributed by atoms with van der Waals surface area (Å²) in [6, 6.07) is 13.0. The van der Waals surface area contributed by atoms with E-state index in [4.69, 9.17) is 86.7 Å². The summed E-state index contributed by atoms with van der Waals surface area (Å²) in [4.78, 5) is 10.1. The van der Waals surface area contributed by atoms with Gasteiger partial charge in [-0.15, -0.1) is 0 Å². The van der Waals surface area contributed by atoms with E-state index in [2.05, 4.69) is 51.0 Å². The monoisotopic (exact) mass is 1570 g/mol. The molecule has 0 aromatic rings. The molecule has 2 heterocycles. The van der Waals surface area contributed by atoms with Gasteiger partial charge in [-0.05, 0) is 138 Å². The number of carbonyl (C=O) groups is 1. The van der Waals surface area contributed by atoms with Crippen LogP contribution < -0.4 is 0 Å². The normalized spacial score (nSPS) is 15.4. The second-order valence-electron chi connectivity index (χ2n) is 25.0. The summed E-state index contributed by atoms with van der Waals surface area (Å²) in [6.07, 6.45) is 17.5. The lowest BCUT2D eigenvalue weighted by molar-refractivity contribution is -0.162. The van der Waals surface area contributed by atoms with Crippen LogP contribution in [0, 0.1) is 0 Å². The Bertz CT molecular complexity index is 1360. The van der Waals surface area contributed by atoms with Crippen molar-refractivity contribution in [2.75, 3.05) is 154 Å². The average Bonchev–Trinajstić information content (AvgIpc) is 4.02. The van der Waals surface area contributed by atoms with Crippen LogP contribution in [0.15, 0.2) is 0 Å². The van der Waals surface area contributed by atoms with E-state index in [1.165, 1.54) is 228 Å². The first kappa shape index (κ1) is 114. The largest absolute Gasteiger partial charge is 0.466 e. The van der Waals surface area contributed by atoms with Gasteiger partial charge in [0.05, 0.1) is 57.5 Å². The second-order valence-corrected chi connectivity index (χ2v) is 35.0. The van der Waals surface area contributed by atoms with Crippen LogP contribution in [0.1, 0.15) is 158 Å². The van der Waals surface area contributed by atoms with Gasteiger partial charge in [-0.25, -0.2) is 0 Å². The molecule has 0 aromatic carbocycles. The van der Waals surface area contributed by atoms with Crippen LogP contribution in [-0.4, -0.2) is 331 Å². The van der Waals surface area contributed by atoms with Crippen molar-refractivity contribution in [3.8, 4) is 0 Å². The van der Waals surface area contributed by atoms with Gasteiger partial charge in [0.25, 0.3) is 0 Å². The molecule has 2 aliphatic rings. The minimum absolute atomic E-state index is 0.0294. The van der Waals surface area contributed by atoms with Gasteiger partial charge >= 0.3 is 5.97 Å². The van der Waals surface area contributed by atoms with Gasteiger partial charge in [-0.2, -0.15) is 0 Å². The van der Waals surface area contributed by atoms with Crippen LogP contribution in [0.2, 0.25) is 60.4 Å². The van der Waals surface area contributed by atoms with Crippen LogP contribution in [-0.2, 0) is 80.6 Å². The number of hydrogen-bond acceptors (Lipinski definition) is 21. The Morgan fingerprint density at radius 2 is 0.876 bits per heavy atom. The number of ether oxygens (including phenoxy) is 16. The SMILES string of the molecule is CC(=O)OCCC[SiH3].CC(C)(C)OCCC[SiH3].CCC(C)(C)OCCC[SiH3].COC(C)OCCC[SiH3].COC(CO)COCCC[SiH3].COCC(O)COCCC[SiH3].COCOCCC[SiH3].OCC(O)COCCC[SiH3].[SiH3]CCCOC1CCCCO1.[SiH3]CCCOC1CCCO1. The van der Waals surface area contributed by atoms with Crippen molar-refractivity contribution in [3.63, 3.8) is 0 Å². The Hall–Kier alpha value is 0.879. The van der Waals surface area contributed by atoms with Crippen LogP contribution in [0.25, 0.3) is 0 Å². The molecular weight excluding hydrogens is 1410 g/mol. The molecule has 0 radical (unpaired) electrons. The Balaban J connectivity index is -0.000000152. The summed E-state index contributed by atoms with van der Waals surface area (Å²) in [5.41, 5.74) is 0.174. The van der Waals surface area contributed by atoms with E-state index < -0.39 is 12.2 Å². The number of aliphatic hydroxyl groups excluding tert-OH is 4. The summed E-state index contributed by atoms with van der Waals surface area (Å²) >= 11 is 0. The predicted molar refractivity (Wildman–Crippen MR) is 442 cm³/mol. The van der Waals surface area contributed by atoms with Crippen molar-refractivity contribution in [3.05, 3.63) is 0 Å². The molecule has 0 aliphatic carbocycles. The molecule has 31 heteroatoms. The molecule has 0 saturated carbocycles. The van der Waals surface area contributed by atoms with Gasteiger partial charge in [0.15, 0.2) is 18.9 Å². The molecule has 2 aliphatic heterocycles. The molecule has 2 fully saturated rings. The van der Waals surface area contributed by atoms with Crippen molar-refractivity contribution in [2.24, 2.45) is 0 Å². The van der Waals surface area contributed by atoms with Crippen molar-refractivity contribution in [2.45, 2.75) is 267 Å². The number of rotatable bonds is 49.